The monoisotopic (exact) mass is 513 g/mol. The number of fused-ring (bicyclic) bond motifs is 1. The molecule has 0 saturated heterocycles. The molecular weight excluding hydrogens is 486 g/mol. The zero-order valence-corrected chi connectivity index (χ0v) is 20.8. The lowest BCUT2D eigenvalue weighted by atomic mass is 10.1. The number of hydrogen-bond acceptors (Lipinski definition) is 9. The average Bonchev–Trinajstić information content (AvgIpc) is 3.47. The summed E-state index contributed by atoms with van der Waals surface area (Å²) in [5.41, 5.74) is 6.49. The van der Waals surface area contributed by atoms with E-state index in [1.165, 1.54) is 11.3 Å². The number of aromatic amines is 2. The van der Waals surface area contributed by atoms with E-state index in [1.807, 2.05) is 0 Å². The SMILES string of the molecule is CCOC(=O)CC[C@H](NC(=O)c1ccc(C#CCCc2cc3c(=O)[nH]c(N)nc3[nH]2)s1)C(=O)OCC. The van der Waals surface area contributed by atoms with Crippen molar-refractivity contribution in [3.05, 3.63) is 44.0 Å². The lowest BCUT2D eigenvalue weighted by Crippen LogP contribution is -2.42. The molecule has 11 nitrogen and oxygen atoms in total. The number of nitrogen functional groups attached to an aromatic ring is 1. The van der Waals surface area contributed by atoms with Crippen LogP contribution in [0.25, 0.3) is 11.0 Å². The molecule has 0 fully saturated rings. The Kier molecular flexibility index (Phi) is 9.24. The zero-order valence-electron chi connectivity index (χ0n) is 19.9. The van der Waals surface area contributed by atoms with Gasteiger partial charge in [0.25, 0.3) is 11.5 Å². The third kappa shape index (κ3) is 7.19. The van der Waals surface area contributed by atoms with Gasteiger partial charge in [-0.2, -0.15) is 4.98 Å². The van der Waals surface area contributed by atoms with Crippen LogP contribution in [0.5, 0.6) is 0 Å². The minimum atomic E-state index is -0.966. The molecule has 3 rings (SSSR count). The van der Waals surface area contributed by atoms with E-state index in [9.17, 15) is 19.2 Å². The van der Waals surface area contributed by atoms with Crippen molar-refractivity contribution >= 4 is 46.2 Å². The standard InChI is InChI=1S/C24H27N5O6S/c1-3-34-19(30)12-10-17(23(33)35-4-2)27-22(32)18-11-9-15(36-18)8-6-5-7-14-13-16-20(26-14)28-24(25)29-21(16)31/h9,11,13,17H,3-5,7,10,12H2,1-2H3,(H,27,32)(H4,25,26,28,29,31)/t17-/m0/s1. The molecule has 1 amide bonds. The number of nitrogens with two attached hydrogens (primary N) is 1. The Morgan fingerprint density at radius 3 is 2.72 bits per heavy atom. The maximum Gasteiger partial charge on any atom is 0.328 e. The Bertz CT molecular complexity index is 1360. The first-order valence-electron chi connectivity index (χ1n) is 11.4. The van der Waals surface area contributed by atoms with Crippen molar-refractivity contribution in [2.45, 2.75) is 45.6 Å². The van der Waals surface area contributed by atoms with Gasteiger partial charge in [0.2, 0.25) is 5.95 Å². The van der Waals surface area contributed by atoms with Crippen molar-refractivity contribution in [1.29, 1.82) is 0 Å². The normalized spacial score (nSPS) is 11.4. The highest BCUT2D eigenvalue weighted by Gasteiger charge is 2.24. The van der Waals surface area contributed by atoms with Crippen molar-refractivity contribution in [2.24, 2.45) is 0 Å². The van der Waals surface area contributed by atoms with Crippen LogP contribution in [0.2, 0.25) is 0 Å². The highest BCUT2D eigenvalue weighted by molar-refractivity contribution is 7.14. The summed E-state index contributed by atoms with van der Waals surface area (Å²) in [5, 5.41) is 3.07. The molecule has 0 aromatic carbocycles. The van der Waals surface area contributed by atoms with E-state index < -0.39 is 23.9 Å². The van der Waals surface area contributed by atoms with Crippen LogP contribution in [-0.4, -0.2) is 52.1 Å². The number of nitrogens with zero attached hydrogens (tertiary/aromatic N) is 1. The molecule has 36 heavy (non-hydrogen) atoms. The van der Waals surface area contributed by atoms with E-state index in [4.69, 9.17) is 15.2 Å². The van der Waals surface area contributed by atoms with Crippen LogP contribution in [-0.2, 0) is 25.5 Å². The molecule has 0 aliphatic rings. The van der Waals surface area contributed by atoms with Gasteiger partial charge in [0.15, 0.2) is 0 Å². The Labute approximate surface area is 210 Å². The predicted octanol–water partition coefficient (Wildman–Crippen LogP) is 1.88. The van der Waals surface area contributed by atoms with E-state index >= 15 is 0 Å². The highest BCUT2D eigenvalue weighted by atomic mass is 32.1. The number of nitrogens with one attached hydrogen (secondary N) is 3. The summed E-state index contributed by atoms with van der Waals surface area (Å²) in [6.07, 6.45) is 1.14. The van der Waals surface area contributed by atoms with Crippen molar-refractivity contribution in [2.75, 3.05) is 18.9 Å². The number of carbonyl (C=O) groups excluding carboxylic acids is 3. The molecule has 0 aliphatic heterocycles. The molecule has 5 N–H and O–H groups in total. The van der Waals surface area contributed by atoms with Gasteiger partial charge in [-0.1, -0.05) is 11.8 Å². The van der Waals surface area contributed by atoms with Gasteiger partial charge >= 0.3 is 11.9 Å². The van der Waals surface area contributed by atoms with E-state index in [0.29, 0.717) is 33.6 Å². The van der Waals surface area contributed by atoms with Crippen LogP contribution < -0.4 is 16.6 Å². The number of carbonyl (C=O) groups is 3. The molecule has 0 spiro atoms. The smallest absolute Gasteiger partial charge is 0.328 e. The Hall–Kier alpha value is -4.11. The summed E-state index contributed by atoms with van der Waals surface area (Å²) in [4.78, 5) is 59.1. The van der Waals surface area contributed by atoms with Gasteiger partial charge in [-0.3, -0.25) is 19.4 Å². The molecule has 0 saturated carbocycles. The Balaban J connectivity index is 1.58. The van der Waals surface area contributed by atoms with Crippen LogP contribution in [0.3, 0.4) is 0 Å². The summed E-state index contributed by atoms with van der Waals surface area (Å²) in [7, 11) is 0. The van der Waals surface area contributed by atoms with E-state index in [1.54, 1.807) is 32.0 Å². The average molecular weight is 514 g/mol. The number of ether oxygens (including phenoxy) is 2. The fourth-order valence-electron chi connectivity index (χ4n) is 3.32. The fourth-order valence-corrected chi connectivity index (χ4v) is 4.10. The van der Waals surface area contributed by atoms with Gasteiger partial charge in [0, 0.05) is 18.5 Å². The predicted molar refractivity (Wildman–Crippen MR) is 134 cm³/mol. The molecule has 12 heteroatoms. The number of rotatable bonds is 10. The third-order valence-corrected chi connectivity index (χ3v) is 5.95. The number of amides is 1. The molecule has 0 unspecified atom stereocenters. The van der Waals surface area contributed by atoms with Crippen molar-refractivity contribution in [3.8, 4) is 11.8 Å². The first-order chi connectivity index (χ1) is 17.3. The lowest BCUT2D eigenvalue weighted by molar-refractivity contribution is -0.146. The van der Waals surface area contributed by atoms with E-state index in [-0.39, 0.29) is 37.6 Å². The number of esters is 2. The molecule has 190 valence electrons. The Morgan fingerprint density at radius 2 is 1.97 bits per heavy atom. The number of aryl methyl sites for hydroxylation is 1. The summed E-state index contributed by atoms with van der Waals surface area (Å²) < 4.78 is 9.90. The van der Waals surface area contributed by atoms with Crippen molar-refractivity contribution in [3.63, 3.8) is 0 Å². The van der Waals surface area contributed by atoms with Crippen LogP contribution in [0.15, 0.2) is 23.0 Å². The van der Waals surface area contributed by atoms with Crippen molar-refractivity contribution < 1.29 is 23.9 Å². The summed E-state index contributed by atoms with van der Waals surface area (Å²) in [6.45, 7) is 3.75. The molecule has 1 atom stereocenters. The van der Waals surface area contributed by atoms with Gasteiger partial charge in [0.1, 0.15) is 11.7 Å². The first-order valence-corrected chi connectivity index (χ1v) is 12.2. The molecule has 3 aromatic rings. The quantitative estimate of drug-likeness (QED) is 0.235. The van der Waals surface area contributed by atoms with Crippen LogP contribution >= 0.6 is 11.3 Å². The molecule has 0 bridgehead atoms. The number of anilines is 1. The maximum absolute atomic E-state index is 12.7. The number of hydrogen-bond donors (Lipinski definition) is 4. The van der Waals surface area contributed by atoms with Crippen LogP contribution in [0, 0.1) is 11.8 Å². The highest BCUT2D eigenvalue weighted by Crippen LogP contribution is 2.17. The minimum Gasteiger partial charge on any atom is -0.466 e. The molecule has 0 radical (unpaired) electrons. The second-order valence-corrected chi connectivity index (χ2v) is 8.68. The first kappa shape index (κ1) is 26.5. The molecule has 3 aromatic heterocycles. The van der Waals surface area contributed by atoms with Gasteiger partial charge in [-0.15, -0.1) is 11.3 Å². The second-order valence-electron chi connectivity index (χ2n) is 7.60. The maximum atomic E-state index is 12.7. The largest absolute Gasteiger partial charge is 0.466 e. The van der Waals surface area contributed by atoms with E-state index in [2.05, 4.69) is 32.1 Å². The Morgan fingerprint density at radius 1 is 1.19 bits per heavy atom. The summed E-state index contributed by atoms with van der Waals surface area (Å²) in [5.74, 6) is 4.59. The number of thiophene rings is 1. The van der Waals surface area contributed by atoms with Crippen LogP contribution in [0.1, 0.15) is 53.4 Å². The number of aromatic nitrogens is 3. The summed E-state index contributed by atoms with van der Waals surface area (Å²) in [6, 6.07) is 4.10. The van der Waals surface area contributed by atoms with Crippen LogP contribution in [0.4, 0.5) is 5.95 Å². The minimum absolute atomic E-state index is 0.0209. The number of H-pyrrole nitrogens is 2. The van der Waals surface area contributed by atoms with Gasteiger partial charge in [-0.25, -0.2) is 4.79 Å². The second kappa shape index (κ2) is 12.6. The summed E-state index contributed by atoms with van der Waals surface area (Å²) >= 11 is 1.19. The lowest BCUT2D eigenvalue weighted by Gasteiger charge is -2.16. The van der Waals surface area contributed by atoms with Crippen molar-refractivity contribution in [1.82, 2.24) is 20.3 Å². The van der Waals surface area contributed by atoms with Gasteiger partial charge < -0.3 is 25.5 Å². The third-order valence-electron chi connectivity index (χ3n) is 4.95. The van der Waals surface area contributed by atoms with Gasteiger partial charge in [0.05, 0.1) is 28.4 Å². The molecule has 0 aliphatic carbocycles. The molecular formula is C24H27N5O6S. The van der Waals surface area contributed by atoms with Gasteiger partial charge in [-0.05, 0) is 44.9 Å². The van der Waals surface area contributed by atoms with E-state index in [0.717, 1.165) is 5.69 Å². The molecule has 3 heterocycles. The fraction of sp³-hybridized carbons (Fsp3) is 0.375. The zero-order chi connectivity index (χ0) is 26.1. The topological polar surface area (TPSA) is 169 Å².